The van der Waals surface area contributed by atoms with Crippen LogP contribution >= 0.6 is 11.3 Å². The number of amides is 1. The number of methoxy groups -OCH3 is 1. The van der Waals surface area contributed by atoms with Crippen LogP contribution in [0.15, 0.2) is 60.0 Å². The van der Waals surface area contributed by atoms with Gasteiger partial charge in [0.05, 0.1) is 36.4 Å². The Hall–Kier alpha value is -3.23. The molecule has 0 saturated heterocycles. The van der Waals surface area contributed by atoms with E-state index >= 15 is 0 Å². The molecule has 0 bridgehead atoms. The van der Waals surface area contributed by atoms with E-state index in [1.807, 2.05) is 18.2 Å². The first-order chi connectivity index (χ1) is 14.6. The number of nitrogens with one attached hydrogen (secondary N) is 1. The first-order valence-electron chi connectivity index (χ1n) is 9.54. The number of rotatable bonds is 6. The third kappa shape index (κ3) is 4.05. The van der Waals surface area contributed by atoms with Gasteiger partial charge in [-0.05, 0) is 35.1 Å². The number of nitro groups is 1. The lowest BCUT2D eigenvalue weighted by atomic mass is 9.93. The van der Waals surface area contributed by atoms with E-state index in [2.05, 4.69) is 33.8 Å². The minimum Gasteiger partial charge on any atom is -0.494 e. The van der Waals surface area contributed by atoms with Crippen molar-refractivity contribution >= 4 is 28.6 Å². The van der Waals surface area contributed by atoms with Crippen LogP contribution in [-0.2, 0) is 11.2 Å². The smallest absolute Gasteiger partial charge is 0.273 e. The van der Waals surface area contributed by atoms with E-state index in [1.54, 1.807) is 11.3 Å². The van der Waals surface area contributed by atoms with Gasteiger partial charge in [-0.25, -0.2) is 0 Å². The SMILES string of the molecule is COc1cc([N+](=O)[O-])ccc1NC(=O)CN1CCc2sccc2C1c1ccccc1. The van der Waals surface area contributed by atoms with Gasteiger partial charge in [0, 0.05) is 17.5 Å². The number of nitrogens with zero attached hydrogens (tertiary/aromatic N) is 2. The van der Waals surface area contributed by atoms with Crippen LogP contribution in [0.2, 0.25) is 0 Å². The van der Waals surface area contributed by atoms with Crippen molar-refractivity contribution in [3.63, 3.8) is 0 Å². The molecule has 7 nitrogen and oxygen atoms in total. The van der Waals surface area contributed by atoms with Gasteiger partial charge in [-0.1, -0.05) is 30.3 Å². The summed E-state index contributed by atoms with van der Waals surface area (Å²) < 4.78 is 5.22. The Morgan fingerprint density at radius 1 is 1.27 bits per heavy atom. The van der Waals surface area contributed by atoms with Gasteiger partial charge in [0.25, 0.3) is 5.69 Å². The lowest BCUT2D eigenvalue weighted by molar-refractivity contribution is -0.384. The number of benzene rings is 2. The molecule has 0 aliphatic carbocycles. The van der Waals surface area contributed by atoms with E-state index in [0.717, 1.165) is 18.5 Å². The molecule has 0 fully saturated rings. The Bertz CT molecular complexity index is 1070. The van der Waals surface area contributed by atoms with Gasteiger partial charge in [-0.2, -0.15) is 0 Å². The van der Waals surface area contributed by atoms with Gasteiger partial charge < -0.3 is 10.1 Å². The predicted octanol–water partition coefficient (Wildman–Crippen LogP) is 4.25. The van der Waals surface area contributed by atoms with Crippen molar-refractivity contribution < 1.29 is 14.5 Å². The second-order valence-corrected chi connectivity index (χ2v) is 8.02. The van der Waals surface area contributed by atoms with E-state index in [-0.39, 0.29) is 29.9 Å². The summed E-state index contributed by atoms with van der Waals surface area (Å²) in [6.45, 7) is 0.979. The van der Waals surface area contributed by atoms with Gasteiger partial charge in [-0.15, -0.1) is 11.3 Å². The number of hydrogen-bond donors (Lipinski definition) is 1. The topological polar surface area (TPSA) is 84.7 Å². The van der Waals surface area contributed by atoms with Crippen molar-refractivity contribution in [2.24, 2.45) is 0 Å². The molecule has 1 aromatic heterocycles. The summed E-state index contributed by atoms with van der Waals surface area (Å²) in [5.41, 5.74) is 2.73. The molecule has 1 atom stereocenters. The molecule has 1 aliphatic heterocycles. The van der Waals surface area contributed by atoms with Gasteiger partial charge >= 0.3 is 0 Å². The van der Waals surface area contributed by atoms with Crippen LogP contribution in [0.5, 0.6) is 5.75 Å². The first-order valence-corrected chi connectivity index (χ1v) is 10.4. The van der Waals surface area contributed by atoms with Crippen molar-refractivity contribution in [2.45, 2.75) is 12.5 Å². The van der Waals surface area contributed by atoms with Crippen molar-refractivity contribution in [2.75, 3.05) is 25.5 Å². The average Bonchev–Trinajstić information content (AvgIpc) is 3.23. The average molecular weight is 423 g/mol. The van der Waals surface area contributed by atoms with Crippen LogP contribution < -0.4 is 10.1 Å². The molecular weight excluding hydrogens is 402 g/mol. The number of ether oxygens (including phenoxy) is 1. The molecule has 154 valence electrons. The largest absolute Gasteiger partial charge is 0.494 e. The maximum atomic E-state index is 12.9. The second-order valence-electron chi connectivity index (χ2n) is 7.02. The highest BCUT2D eigenvalue weighted by Crippen LogP contribution is 2.37. The van der Waals surface area contributed by atoms with Crippen LogP contribution in [-0.4, -0.2) is 35.9 Å². The Labute approximate surface area is 178 Å². The van der Waals surface area contributed by atoms with Gasteiger partial charge in [-0.3, -0.25) is 19.8 Å². The molecule has 4 rings (SSSR count). The van der Waals surface area contributed by atoms with Gasteiger partial charge in [0.1, 0.15) is 5.75 Å². The molecule has 0 radical (unpaired) electrons. The fourth-order valence-electron chi connectivity index (χ4n) is 3.84. The molecule has 3 aromatic rings. The van der Waals surface area contributed by atoms with Gasteiger partial charge in [0.2, 0.25) is 5.91 Å². The zero-order valence-corrected chi connectivity index (χ0v) is 17.2. The summed E-state index contributed by atoms with van der Waals surface area (Å²) in [5.74, 6) is 0.0673. The van der Waals surface area contributed by atoms with E-state index in [0.29, 0.717) is 5.69 Å². The molecule has 1 amide bonds. The lowest BCUT2D eigenvalue weighted by Gasteiger charge is -2.35. The highest BCUT2D eigenvalue weighted by atomic mass is 32.1. The summed E-state index contributed by atoms with van der Waals surface area (Å²) in [4.78, 5) is 26.9. The molecule has 1 unspecified atom stereocenters. The second kappa shape index (κ2) is 8.64. The third-order valence-corrected chi connectivity index (χ3v) is 6.19. The quantitative estimate of drug-likeness (QED) is 0.473. The van der Waals surface area contributed by atoms with E-state index in [9.17, 15) is 14.9 Å². The lowest BCUT2D eigenvalue weighted by Crippen LogP contribution is -2.40. The fraction of sp³-hybridized carbons (Fsp3) is 0.227. The number of hydrogen-bond acceptors (Lipinski definition) is 6. The number of carbonyl (C=O) groups is 1. The van der Waals surface area contributed by atoms with Crippen LogP contribution in [0.1, 0.15) is 22.0 Å². The highest BCUT2D eigenvalue weighted by molar-refractivity contribution is 7.10. The number of nitro benzene ring substituents is 1. The summed E-state index contributed by atoms with van der Waals surface area (Å²) in [6, 6.07) is 16.5. The predicted molar refractivity (Wildman–Crippen MR) is 116 cm³/mol. The minimum atomic E-state index is -0.495. The molecule has 1 N–H and O–H groups in total. The minimum absolute atomic E-state index is 0.0192. The number of fused-ring (bicyclic) bond motifs is 1. The molecule has 8 heteroatoms. The van der Waals surface area contributed by atoms with Crippen LogP contribution in [0.4, 0.5) is 11.4 Å². The normalized spacial score (nSPS) is 16.0. The van der Waals surface area contributed by atoms with Crippen LogP contribution in [0, 0.1) is 10.1 Å². The molecule has 1 aliphatic rings. The van der Waals surface area contributed by atoms with Crippen molar-refractivity contribution in [1.82, 2.24) is 4.90 Å². The summed E-state index contributed by atoms with van der Waals surface area (Å²) in [7, 11) is 1.42. The number of thiophene rings is 1. The summed E-state index contributed by atoms with van der Waals surface area (Å²) in [5, 5.41) is 15.9. The Balaban J connectivity index is 1.55. The number of carbonyl (C=O) groups excluding carboxylic acids is 1. The summed E-state index contributed by atoms with van der Waals surface area (Å²) in [6.07, 6.45) is 0.907. The molecule has 2 aromatic carbocycles. The molecule has 30 heavy (non-hydrogen) atoms. The Morgan fingerprint density at radius 2 is 2.07 bits per heavy atom. The van der Waals surface area contributed by atoms with Crippen LogP contribution in [0.3, 0.4) is 0 Å². The fourth-order valence-corrected chi connectivity index (χ4v) is 4.74. The van der Waals surface area contributed by atoms with Crippen molar-refractivity contribution in [3.05, 3.63) is 86.1 Å². The molecular formula is C22H21N3O4S. The molecule has 2 heterocycles. The zero-order chi connectivity index (χ0) is 21.1. The van der Waals surface area contributed by atoms with Crippen molar-refractivity contribution in [3.8, 4) is 5.75 Å². The van der Waals surface area contributed by atoms with Gasteiger partial charge in [0.15, 0.2) is 0 Å². The standard InChI is InChI=1S/C22H21N3O4S/c1-29-19-13-16(25(27)28)7-8-18(19)23-21(26)14-24-11-9-20-17(10-12-30-20)22(24)15-5-3-2-4-6-15/h2-8,10,12-13,22H,9,11,14H2,1H3,(H,23,26). The maximum Gasteiger partial charge on any atom is 0.273 e. The van der Waals surface area contributed by atoms with E-state index in [1.165, 1.54) is 35.7 Å². The van der Waals surface area contributed by atoms with E-state index in [4.69, 9.17) is 4.74 Å². The monoisotopic (exact) mass is 423 g/mol. The third-order valence-electron chi connectivity index (χ3n) is 5.20. The zero-order valence-electron chi connectivity index (χ0n) is 16.4. The van der Waals surface area contributed by atoms with Crippen molar-refractivity contribution in [1.29, 1.82) is 0 Å². The Morgan fingerprint density at radius 3 is 2.80 bits per heavy atom. The Kier molecular flexibility index (Phi) is 5.78. The number of non-ortho nitro benzene ring substituents is 1. The first kappa shape index (κ1) is 20.1. The molecule has 0 saturated carbocycles. The number of anilines is 1. The molecule has 0 spiro atoms. The maximum absolute atomic E-state index is 12.9. The van der Waals surface area contributed by atoms with Crippen LogP contribution in [0.25, 0.3) is 0 Å². The summed E-state index contributed by atoms with van der Waals surface area (Å²) >= 11 is 1.76. The van der Waals surface area contributed by atoms with E-state index < -0.39 is 4.92 Å². The highest BCUT2D eigenvalue weighted by Gasteiger charge is 2.30.